The van der Waals surface area contributed by atoms with Crippen LogP contribution in [0.15, 0.2) is 71.6 Å². The summed E-state index contributed by atoms with van der Waals surface area (Å²) in [6.45, 7) is 7.33. The molecule has 1 heterocycles. The lowest BCUT2D eigenvalue weighted by Gasteiger charge is -2.31. The van der Waals surface area contributed by atoms with Gasteiger partial charge in [0.25, 0.3) is 15.9 Å². The SMILES string of the molecule is Cc1ccc(S(=O)(=O)Nc2cc(C(=O)NCc3ccccc3)ccc2N2CCNCC2)cc1C. The summed E-state index contributed by atoms with van der Waals surface area (Å²) < 4.78 is 29.2. The van der Waals surface area contributed by atoms with Gasteiger partial charge in [0.2, 0.25) is 0 Å². The van der Waals surface area contributed by atoms with Gasteiger partial charge in [0.15, 0.2) is 0 Å². The summed E-state index contributed by atoms with van der Waals surface area (Å²) in [5, 5.41) is 6.22. The smallest absolute Gasteiger partial charge is 0.261 e. The molecule has 0 aliphatic carbocycles. The van der Waals surface area contributed by atoms with Crippen molar-refractivity contribution in [1.29, 1.82) is 0 Å². The standard InChI is InChI=1S/C26H30N4O3S/c1-19-8-10-23(16-20(19)2)34(32,33)29-24-17-22(9-11-25(24)30-14-12-27-13-15-30)26(31)28-18-21-6-4-3-5-7-21/h3-11,16-17,27,29H,12-15,18H2,1-2H3,(H,28,31). The number of amides is 1. The molecule has 0 radical (unpaired) electrons. The molecule has 0 atom stereocenters. The van der Waals surface area contributed by atoms with E-state index >= 15 is 0 Å². The highest BCUT2D eigenvalue weighted by Gasteiger charge is 2.21. The van der Waals surface area contributed by atoms with Crippen LogP contribution in [0.5, 0.6) is 0 Å². The Kier molecular flexibility index (Phi) is 7.19. The Labute approximate surface area is 201 Å². The molecular formula is C26H30N4O3S. The number of benzene rings is 3. The summed E-state index contributed by atoms with van der Waals surface area (Å²) in [5.41, 5.74) is 4.47. The Hall–Kier alpha value is -3.36. The van der Waals surface area contributed by atoms with E-state index in [4.69, 9.17) is 0 Å². The van der Waals surface area contributed by atoms with Gasteiger partial charge in [-0.3, -0.25) is 9.52 Å². The van der Waals surface area contributed by atoms with Gasteiger partial charge < -0.3 is 15.5 Å². The van der Waals surface area contributed by atoms with Gasteiger partial charge >= 0.3 is 0 Å². The molecule has 8 heteroatoms. The topological polar surface area (TPSA) is 90.5 Å². The van der Waals surface area contributed by atoms with Crippen molar-refractivity contribution in [3.05, 3.63) is 89.0 Å². The van der Waals surface area contributed by atoms with Crippen molar-refractivity contribution in [2.75, 3.05) is 35.8 Å². The van der Waals surface area contributed by atoms with Gasteiger partial charge in [-0.15, -0.1) is 0 Å². The number of nitrogens with one attached hydrogen (secondary N) is 3. The Morgan fingerprint density at radius 1 is 0.941 bits per heavy atom. The van der Waals surface area contributed by atoms with Gasteiger partial charge in [-0.05, 0) is 60.9 Å². The fraction of sp³-hybridized carbons (Fsp3) is 0.269. The Bertz CT molecular complexity index is 1270. The van der Waals surface area contributed by atoms with Crippen LogP contribution in [-0.2, 0) is 16.6 Å². The number of carbonyl (C=O) groups excluding carboxylic acids is 1. The van der Waals surface area contributed by atoms with E-state index in [1.54, 1.807) is 30.3 Å². The molecule has 1 aliphatic heterocycles. The van der Waals surface area contributed by atoms with Gasteiger partial charge in [0, 0.05) is 38.3 Å². The minimum Gasteiger partial charge on any atom is -0.367 e. The highest BCUT2D eigenvalue weighted by molar-refractivity contribution is 7.92. The van der Waals surface area contributed by atoms with Gasteiger partial charge in [0.05, 0.1) is 16.3 Å². The van der Waals surface area contributed by atoms with Crippen LogP contribution in [0.4, 0.5) is 11.4 Å². The summed E-state index contributed by atoms with van der Waals surface area (Å²) in [4.78, 5) is 15.2. The van der Waals surface area contributed by atoms with E-state index in [9.17, 15) is 13.2 Å². The van der Waals surface area contributed by atoms with Crippen LogP contribution >= 0.6 is 0 Å². The molecule has 1 fully saturated rings. The molecular weight excluding hydrogens is 448 g/mol. The summed E-state index contributed by atoms with van der Waals surface area (Å²) in [6.07, 6.45) is 0. The molecule has 1 amide bonds. The van der Waals surface area contributed by atoms with E-state index in [0.717, 1.165) is 48.6 Å². The van der Waals surface area contributed by atoms with Gasteiger partial charge in [-0.1, -0.05) is 36.4 Å². The molecule has 3 aromatic carbocycles. The van der Waals surface area contributed by atoms with Crippen LogP contribution < -0.4 is 20.3 Å². The second kappa shape index (κ2) is 10.3. The lowest BCUT2D eigenvalue weighted by molar-refractivity contribution is 0.0951. The van der Waals surface area contributed by atoms with Crippen molar-refractivity contribution in [3.8, 4) is 0 Å². The fourth-order valence-electron chi connectivity index (χ4n) is 3.91. The zero-order valence-corrected chi connectivity index (χ0v) is 20.3. The van der Waals surface area contributed by atoms with Crippen molar-refractivity contribution in [2.24, 2.45) is 0 Å². The average Bonchev–Trinajstić information content (AvgIpc) is 2.85. The Morgan fingerprint density at radius 2 is 1.68 bits per heavy atom. The van der Waals surface area contributed by atoms with Crippen molar-refractivity contribution in [1.82, 2.24) is 10.6 Å². The first kappa shape index (κ1) is 23.8. The molecule has 1 saturated heterocycles. The maximum Gasteiger partial charge on any atom is 0.261 e. The highest BCUT2D eigenvalue weighted by atomic mass is 32.2. The monoisotopic (exact) mass is 478 g/mol. The number of anilines is 2. The molecule has 0 unspecified atom stereocenters. The summed E-state index contributed by atoms with van der Waals surface area (Å²) in [5.74, 6) is -0.262. The first-order chi connectivity index (χ1) is 16.3. The molecule has 0 spiro atoms. The lowest BCUT2D eigenvalue weighted by Crippen LogP contribution is -2.43. The van der Waals surface area contributed by atoms with E-state index in [1.165, 1.54) is 0 Å². The van der Waals surface area contributed by atoms with E-state index < -0.39 is 10.0 Å². The fourth-order valence-corrected chi connectivity index (χ4v) is 5.06. The maximum absolute atomic E-state index is 13.2. The van der Waals surface area contributed by atoms with E-state index in [-0.39, 0.29) is 10.8 Å². The van der Waals surface area contributed by atoms with Crippen LogP contribution in [-0.4, -0.2) is 40.5 Å². The molecule has 178 valence electrons. The first-order valence-corrected chi connectivity index (χ1v) is 12.8. The molecule has 1 aliphatic rings. The minimum absolute atomic E-state index is 0.195. The number of aryl methyl sites for hydroxylation is 2. The van der Waals surface area contributed by atoms with Crippen LogP contribution in [0.25, 0.3) is 0 Å². The molecule has 34 heavy (non-hydrogen) atoms. The van der Waals surface area contributed by atoms with Crippen LogP contribution in [0.3, 0.4) is 0 Å². The Morgan fingerprint density at radius 3 is 2.38 bits per heavy atom. The molecule has 0 bridgehead atoms. The molecule has 3 aromatic rings. The van der Waals surface area contributed by atoms with Crippen molar-refractivity contribution < 1.29 is 13.2 Å². The Balaban J connectivity index is 1.63. The van der Waals surface area contributed by atoms with Crippen molar-refractivity contribution >= 4 is 27.3 Å². The third kappa shape index (κ3) is 5.58. The van der Waals surface area contributed by atoms with E-state index in [1.807, 2.05) is 50.2 Å². The first-order valence-electron chi connectivity index (χ1n) is 11.4. The second-order valence-corrected chi connectivity index (χ2v) is 10.2. The number of piperazine rings is 1. The van der Waals surface area contributed by atoms with Crippen LogP contribution in [0.2, 0.25) is 0 Å². The molecule has 3 N–H and O–H groups in total. The average molecular weight is 479 g/mol. The zero-order chi connectivity index (χ0) is 24.1. The van der Waals surface area contributed by atoms with Crippen molar-refractivity contribution in [3.63, 3.8) is 0 Å². The molecule has 0 aromatic heterocycles. The maximum atomic E-state index is 13.2. The number of carbonyl (C=O) groups is 1. The van der Waals surface area contributed by atoms with Gasteiger partial charge in [-0.2, -0.15) is 0 Å². The predicted molar refractivity (Wildman–Crippen MR) is 136 cm³/mol. The van der Waals surface area contributed by atoms with E-state index in [0.29, 0.717) is 17.8 Å². The van der Waals surface area contributed by atoms with Gasteiger partial charge in [0.1, 0.15) is 0 Å². The second-order valence-electron chi connectivity index (χ2n) is 8.49. The molecule has 7 nitrogen and oxygen atoms in total. The normalized spacial score (nSPS) is 14.0. The van der Waals surface area contributed by atoms with Crippen LogP contribution in [0.1, 0.15) is 27.0 Å². The number of nitrogens with zero attached hydrogens (tertiary/aromatic N) is 1. The van der Waals surface area contributed by atoms with Gasteiger partial charge in [-0.25, -0.2) is 8.42 Å². The third-order valence-corrected chi connectivity index (χ3v) is 7.41. The predicted octanol–water partition coefficient (Wildman–Crippen LogP) is 3.44. The summed E-state index contributed by atoms with van der Waals surface area (Å²) in [7, 11) is -3.84. The summed E-state index contributed by atoms with van der Waals surface area (Å²) >= 11 is 0. The highest BCUT2D eigenvalue weighted by Crippen LogP contribution is 2.30. The summed E-state index contributed by atoms with van der Waals surface area (Å²) in [6, 6.07) is 19.9. The zero-order valence-electron chi connectivity index (χ0n) is 19.5. The molecule has 4 rings (SSSR count). The number of sulfonamides is 1. The quantitative estimate of drug-likeness (QED) is 0.484. The molecule has 0 saturated carbocycles. The number of rotatable bonds is 7. The lowest BCUT2D eigenvalue weighted by atomic mass is 10.1. The number of hydrogen-bond donors (Lipinski definition) is 3. The van der Waals surface area contributed by atoms with Crippen molar-refractivity contribution in [2.45, 2.75) is 25.3 Å². The van der Waals surface area contributed by atoms with E-state index in [2.05, 4.69) is 20.3 Å². The minimum atomic E-state index is -3.84. The largest absolute Gasteiger partial charge is 0.367 e. The van der Waals surface area contributed by atoms with Crippen LogP contribution in [0, 0.1) is 13.8 Å². The number of hydrogen-bond acceptors (Lipinski definition) is 5. The third-order valence-electron chi connectivity index (χ3n) is 6.05.